The quantitative estimate of drug-likeness (QED) is 0.241. The SMILES string of the molecule is CCC(NC(=O)c1c(CN2CCC(N(C)C(=O)OC(C)(C)C)CC2)n(-c2ccccc2)c(=O)c2ccccc12)c1ccccc1. The van der Waals surface area contributed by atoms with Gasteiger partial charge in [0.15, 0.2) is 0 Å². The van der Waals surface area contributed by atoms with Gasteiger partial charge in [0.2, 0.25) is 0 Å². The second-order valence-electron chi connectivity index (χ2n) is 12.8. The topological polar surface area (TPSA) is 83.9 Å². The van der Waals surface area contributed by atoms with E-state index in [0.717, 1.165) is 24.8 Å². The maximum Gasteiger partial charge on any atom is 0.410 e. The lowest BCUT2D eigenvalue weighted by Crippen LogP contribution is -2.47. The average Bonchev–Trinajstić information content (AvgIpc) is 3.04. The number of rotatable bonds is 8. The van der Waals surface area contributed by atoms with E-state index < -0.39 is 5.60 Å². The molecule has 2 heterocycles. The van der Waals surface area contributed by atoms with Crippen molar-refractivity contribution in [1.29, 1.82) is 0 Å². The van der Waals surface area contributed by atoms with Crippen LogP contribution in [0.5, 0.6) is 0 Å². The highest BCUT2D eigenvalue weighted by molar-refractivity contribution is 6.08. The van der Waals surface area contributed by atoms with Crippen LogP contribution < -0.4 is 10.9 Å². The van der Waals surface area contributed by atoms with Gasteiger partial charge < -0.3 is 15.0 Å². The number of benzene rings is 3. The van der Waals surface area contributed by atoms with E-state index in [1.165, 1.54) is 0 Å². The molecular weight excluding hydrogens is 564 g/mol. The standard InChI is InChI=1S/C37H44N4O4/c1-6-31(26-15-9-7-10-16-26)38-34(42)33-29-19-13-14-20-30(29)35(43)41(28-17-11-8-12-18-28)32(33)25-40-23-21-27(22-24-40)39(5)36(44)45-37(2,3)4/h7-20,27,31H,6,21-25H2,1-5H3,(H,38,42). The van der Waals surface area contributed by atoms with Gasteiger partial charge in [0.05, 0.1) is 17.3 Å². The van der Waals surface area contributed by atoms with Gasteiger partial charge in [-0.05, 0) is 63.8 Å². The third-order valence-electron chi connectivity index (χ3n) is 8.51. The highest BCUT2D eigenvalue weighted by atomic mass is 16.6. The summed E-state index contributed by atoms with van der Waals surface area (Å²) in [5, 5.41) is 4.43. The molecule has 1 aromatic heterocycles. The number of aromatic nitrogens is 1. The van der Waals surface area contributed by atoms with Crippen molar-refractivity contribution in [1.82, 2.24) is 19.7 Å². The summed E-state index contributed by atoms with van der Waals surface area (Å²) >= 11 is 0. The number of piperidine rings is 1. The van der Waals surface area contributed by atoms with Crippen molar-refractivity contribution in [3.63, 3.8) is 0 Å². The molecule has 0 spiro atoms. The van der Waals surface area contributed by atoms with Crippen molar-refractivity contribution in [2.45, 2.75) is 71.2 Å². The molecule has 236 valence electrons. The highest BCUT2D eigenvalue weighted by Crippen LogP contribution is 2.27. The van der Waals surface area contributed by atoms with Gasteiger partial charge in [-0.15, -0.1) is 0 Å². The number of fused-ring (bicyclic) bond motifs is 1. The maximum absolute atomic E-state index is 14.4. The summed E-state index contributed by atoms with van der Waals surface area (Å²) in [5.41, 5.74) is 2.20. The number of nitrogens with zero attached hydrogens (tertiary/aromatic N) is 3. The molecule has 1 aliphatic heterocycles. The smallest absolute Gasteiger partial charge is 0.410 e. The lowest BCUT2D eigenvalue weighted by Gasteiger charge is -2.37. The van der Waals surface area contributed by atoms with Crippen LogP contribution in [0.25, 0.3) is 16.5 Å². The van der Waals surface area contributed by atoms with E-state index in [2.05, 4.69) is 17.1 Å². The van der Waals surface area contributed by atoms with Gasteiger partial charge >= 0.3 is 6.09 Å². The fourth-order valence-electron chi connectivity index (χ4n) is 6.15. The molecule has 45 heavy (non-hydrogen) atoms. The van der Waals surface area contributed by atoms with Crippen LogP contribution in [0, 0.1) is 0 Å². The molecule has 0 saturated carbocycles. The Morgan fingerprint density at radius 1 is 0.911 bits per heavy atom. The van der Waals surface area contributed by atoms with Crippen LogP contribution in [-0.4, -0.2) is 58.1 Å². The Morgan fingerprint density at radius 2 is 1.49 bits per heavy atom. The first-order valence-corrected chi connectivity index (χ1v) is 15.8. The minimum absolute atomic E-state index is 0.0444. The largest absolute Gasteiger partial charge is 0.444 e. The van der Waals surface area contributed by atoms with E-state index in [4.69, 9.17) is 4.74 Å². The number of ether oxygens (including phenoxy) is 1. The van der Waals surface area contributed by atoms with Crippen LogP contribution in [0.2, 0.25) is 0 Å². The Hall–Kier alpha value is -4.43. The second-order valence-corrected chi connectivity index (χ2v) is 12.8. The van der Waals surface area contributed by atoms with Crippen LogP contribution in [0.4, 0.5) is 4.79 Å². The monoisotopic (exact) mass is 608 g/mol. The molecule has 1 N–H and O–H groups in total. The molecule has 0 bridgehead atoms. The predicted molar refractivity (Wildman–Crippen MR) is 179 cm³/mol. The zero-order chi connectivity index (χ0) is 32.1. The first-order valence-electron chi connectivity index (χ1n) is 15.8. The lowest BCUT2D eigenvalue weighted by atomic mass is 9.98. The Morgan fingerprint density at radius 3 is 2.09 bits per heavy atom. The van der Waals surface area contributed by atoms with Gasteiger partial charge in [-0.2, -0.15) is 0 Å². The average molecular weight is 609 g/mol. The molecule has 1 unspecified atom stereocenters. The van der Waals surface area contributed by atoms with E-state index >= 15 is 0 Å². The third kappa shape index (κ3) is 7.28. The van der Waals surface area contributed by atoms with Crippen molar-refractivity contribution in [3.05, 3.63) is 112 Å². The fraction of sp³-hybridized carbons (Fsp3) is 0.378. The maximum atomic E-state index is 14.4. The van der Waals surface area contributed by atoms with Gasteiger partial charge in [0.25, 0.3) is 11.5 Å². The predicted octanol–water partition coefficient (Wildman–Crippen LogP) is 6.70. The number of carbonyl (C=O) groups is 2. The van der Waals surface area contributed by atoms with E-state index in [9.17, 15) is 14.4 Å². The Bertz CT molecular complexity index is 1690. The van der Waals surface area contributed by atoms with Gasteiger partial charge in [-0.25, -0.2) is 4.79 Å². The third-order valence-corrected chi connectivity index (χ3v) is 8.51. The zero-order valence-corrected chi connectivity index (χ0v) is 27.0. The summed E-state index contributed by atoms with van der Waals surface area (Å²) in [6.07, 6.45) is 1.91. The number of likely N-dealkylation sites (tertiary alicyclic amines) is 1. The Labute approximate surface area is 265 Å². The number of amides is 2. The summed E-state index contributed by atoms with van der Waals surface area (Å²) in [5.74, 6) is -0.207. The molecule has 1 saturated heterocycles. The highest BCUT2D eigenvalue weighted by Gasteiger charge is 2.31. The van der Waals surface area contributed by atoms with E-state index in [0.29, 0.717) is 47.4 Å². The molecule has 0 aliphatic carbocycles. The molecule has 8 heteroatoms. The van der Waals surface area contributed by atoms with E-state index in [-0.39, 0.29) is 29.6 Å². The van der Waals surface area contributed by atoms with Crippen LogP contribution in [0.1, 0.15) is 74.6 Å². The number of pyridine rings is 1. The molecule has 4 aromatic rings. The van der Waals surface area contributed by atoms with Crippen LogP contribution in [0.3, 0.4) is 0 Å². The normalized spacial score (nSPS) is 15.0. The fourth-order valence-corrected chi connectivity index (χ4v) is 6.15. The summed E-state index contributed by atoms with van der Waals surface area (Å²) in [6, 6.07) is 26.8. The van der Waals surface area contributed by atoms with Crippen LogP contribution >= 0.6 is 0 Å². The molecular formula is C37H44N4O4. The van der Waals surface area contributed by atoms with Gasteiger partial charge in [0.1, 0.15) is 5.60 Å². The lowest BCUT2D eigenvalue weighted by molar-refractivity contribution is 0.0147. The minimum atomic E-state index is -0.558. The summed E-state index contributed by atoms with van der Waals surface area (Å²) in [6.45, 7) is 9.48. The molecule has 1 aliphatic rings. The first kappa shape index (κ1) is 32.0. The van der Waals surface area contributed by atoms with Crippen molar-refractivity contribution in [2.75, 3.05) is 20.1 Å². The van der Waals surface area contributed by atoms with E-state index in [1.807, 2.05) is 99.6 Å². The number of hydrogen-bond donors (Lipinski definition) is 1. The van der Waals surface area contributed by atoms with Gasteiger partial charge in [-0.1, -0.05) is 73.7 Å². The van der Waals surface area contributed by atoms with E-state index in [1.54, 1.807) is 22.6 Å². The molecule has 0 radical (unpaired) electrons. The summed E-state index contributed by atoms with van der Waals surface area (Å²) < 4.78 is 7.31. The Balaban J connectivity index is 1.53. The van der Waals surface area contributed by atoms with Crippen molar-refractivity contribution in [2.24, 2.45) is 0 Å². The number of carbonyl (C=O) groups excluding carboxylic acids is 2. The molecule has 8 nitrogen and oxygen atoms in total. The second kappa shape index (κ2) is 13.7. The summed E-state index contributed by atoms with van der Waals surface area (Å²) in [4.78, 5) is 45.2. The Kier molecular flexibility index (Phi) is 9.73. The van der Waals surface area contributed by atoms with Crippen molar-refractivity contribution < 1.29 is 14.3 Å². The van der Waals surface area contributed by atoms with Gasteiger partial charge in [0, 0.05) is 49.2 Å². The van der Waals surface area contributed by atoms with Gasteiger partial charge in [-0.3, -0.25) is 19.1 Å². The molecule has 1 atom stereocenters. The minimum Gasteiger partial charge on any atom is -0.444 e. The molecule has 1 fully saturated rings. The van der Waals surface area contributed by atoms with Crippen molar-refractivity contribution in [3.8, 4) is 5.69 Å². The van der Waals surface area contributed by atoms with Crippen molar-refractivity contribution >= 4 is 22.8 Å². The number of nitrogens with one attached hydrogen (secondary N) is 1. The zero-order valence-electron chi connectivity index (χ0n) is 27.0. The molecule has 5 rings (SSSR count). The van der Waals surface area contributed by atoms with Crippen LogP contribution in [0.15, 0.2) is 89.7 Å². The first-order chi connectivity index (χ1) is 21.6. The van der Waals surface area contributed by atoms with Crippen LogP contribution in [-0.2, 0) is 11.3 Å². The molecule has 2 amide bonds. The number of para-hydroxylation sites is 1. The summed E-state index contributed by atoms with van der Waals surface area (Å²) in [7, 11) is 1.80. The number of hydrogen-bond acceptors (Lipinski definition) is 5. The molecule has 3 aromatic carbocycles.